The van der Waals surface area contributed by atoms with Crippen LogP contribution in [0.15, 0.2) is 54.6 Å². The van der Waals surface area contributed by atoms with Crippen molar-refractivity contribution in [1.82, 2.24) is 4.90 Å². The van der Waals surface area contributed by atoms with E-state index in [0.29, 0.717) is 6.42 Å². The first-order chi connectivity index (χ1) is 12.7. The lowest BCUT2D eigenvalue weighted by Crippen LogP contribution is -2.41. The van der Waals surface area contributed by atoms with Gasteiger partial charge in [0.05, 0.1) is 7.11 Å². The summed E-state index contributed by atoms with van der Waals surface area (Å²) in [7, 11) is 3.59. The number of nitrogens with zero attached hydrogens (tertiary/aromatic N) is 1. The van der Waals surface area contributed by atoms with Crippen molar-refractivity contribution in [2.24, 2.45) is 0 Å². The minimum absolute atomic E-state index is 0.0388. The van der Waals surface area contributed by atoms with Gasteiger partial charge in [0, 0.05) is 38.6 Å². The number of methoxy groups -OCH3 is 1. The SMILES string of the molecule is COc1ccc(C(CC(=O)N(C)C2CCOCC2)c2ccccc2)cc1. The minimum atomic E-state index is 0.0388. The molecule has 0 aromatic heterocycles. The Bertz CT molecular complexity index is 693. The van der Waals surface area contributed by atoms with Crippen LogP contribution >= 0.6 is 0 Å². The topological polar surface area (TPSA) is 38.8 Å². The van der Waals surface area contributed by atoms with Crippen molar-refractivity contribution < 1.29 is 14.3 Å². The molecule has 3 rings (SSSR count). The van der Waals surface area contributed by atoms with E-state index in [1.165, 1.54) is 0 Å². The van der Waals surface area contributed by atoms with E-state index in [9.17, 15) is 4.79 Å². The molecule has 1 heterocycles. The number of benzene rings is 2. The molecule has 1 amide bonds. The molecule has 0 aliphatic carbocycles. The van der Waals surface area contributed by atoms with Gasteiger partial charge in [-0.1, -0.05) is 42.5 Å². The molecule has 1 aliphatic heterocycles. The molecule has 2 aromatic rings. The van der Waals surface area contributed by atoms with E-state index in [4.69, 9.17) is 9.47 Å². The van der Waals surface area contributed by atoms with Crippen LogP contribution in [0.5, 0.6) is 5.75 Å². The highest BCUT2D eigenvalue weighted by Crippen LogP contribution is 2.30. The Morgan fingerprint density at radius 2 is 1.69 bits per heavy atom. The van der Waals surface area contributed by atoms with Crippen LogP contribution in [0, 0.1) is 0 Å². The van der Waals surface area contributed by atoms with Crippen LogP contribution in [0.4, 0.5) is 0 Å². The van der Waals surface area contributed by atoms with Gasteiger partial charge in [-0.25, -0.2) is 0 Å². The van der Waals surface area contributed by atoms with Crippen LogP contribution in [-0.4, -0.2) is 44.2 Å². The van der Waals surface area contributed by atoms with Gasteiger partial charge >= 0.3 is 0 Å². The Kier molecular flexibility index (Phi) is 6.29. The molecule has 0 N–H and O–H groups in total. The highest BCUT2D eigenvalue weighted by atomic mass is 16.5. The maximum Gasteiger partial charge on any atom is 0.223 e. The number of hydrogen-bond acceptors (Lipinski definition) is 3. The van der Waals surface area contributed by atoms with Crippen LogP contribution in [0.25, 0.3) is 0 Å². The van der Waals surface area contributed by atoms with E-state index in [1.54, 1.807) is 7.11 Å². The lowest BCUT2D eigenvalue weighted by Gasteiger charge is -2.32. The van der Waals surface area contributed by atoms with E-state index >= 15 is 0 Å². The molecular formula is C22H27NO3. The molecule has 0 spiro atoms. The molecule has 0 bridgehead atoms. The molecule has 1 saturated heterocycles. The fourth-order valence-corrected chi connectivity index (χ4v) is 3.54. The Hall–Kier alpha value is -2.33. The van der Waals surface area contributed by atoms with Gasteiger partial charge in [0.15, 0.2) is 0 Å². The van der Waals surface area contributed by atoms with Crippen molar-refractivity contribution in [2.75, 3.05) is 27.4 Å². The summed E-state index contributed by atoms with van der Waals surface area (Å²) < 4.78 is 10.7. The predicted molar refractivity (Wildman–Crippen MR) is 103 cm³/mol. The van der Waals surface area contributed by atoms with Gasteiger partial charge in [-0.15, -0.1) is 0 Å². The van der Waals surface area contributed by atoms with Crippen molar-refractivity contribution in [3.05, 3.63) is 65.7 Å². The number of rotatable bonds is 6. The summed E-state index contributed by atoms with van der Waals surface area (Å²) in [5.74, 6) is 1.05. The molecule has 1 fully saturated rings. The number of carbonyl (C=O) groups is 1. The van der Waals surface area contributed by atoms with Gasteiger partial charge in [0.2, 0.25) is 5.91 Å². The summed E-state index contributed by atoms with van der Waals surface area (Å²) in [5, 5.41) is 0. The fourth-order valence-electron chi connectivity index (χ4n) is 3.54. The summed E-state index contributed by atoms with van der Waals surface area (Å²) in [6.45, 7) is 1.48. The summed E-state index contributed by atoms with van der Waals surface area (Å²) in [6, 6.07) is 18.5. The Balaban J connectivity index is 1.80. The molecule has 26 heavy (non-hydrogen) atoms. The van der Waals surface area contributed by atoms with Crippen LogP contribution < -0.4 is 4.74 Å². The smallest absolute Gasteiger partial charge is 0.223 e. The van der Waals surface area contributed by atoms with E-state index < -0.39 is 0 Å². The summed E-state index contributed by atoms with van der Waals surface area (Å²) in [6.07, 6.45) is 2.30. The van der Waals surface area contributed by atoms with Crippen molar-refractivity contribution >= 4 is 5.91 Å². The van der Waals surface area contributed by atoms with E-state index in [2.05, 4.69) is 24.3 Å². The van der Waals surface area contributed by atoms with E-state index in [0.717, 1.165) is 42.9 Å². The second kappa shape index (κ2) is 8.86. The van der Waals surface area contributed by atoms with Gasteiger partial charge in [-0.3, -0.25) is 4.79 Å². The second-order valence-electron chi connectivity index (χ2n) is 6.79. The molecule has 1 atom stereocenters. The van der Waals surface area contributed by atoms with E-state index in [1.807, 2.05) is 42.3 Å². The standard InChI is InChI=1S/C22H27NO3/c1-23(19-12-14-26-15-13-19)22(24)16-21(17-6-4-3-5-7-17)18-8-10-20(25-2)11-9-18/h3-11,19,21H,12-16H2,1-2H3. The first kappa shape index (κ1) is 18.5. The predicted octanol–water partition coefficient (Wildman–Crippen LogP) is 3.85. The highest BCUT2D eigenvalue weighted by molar-refractivity contribution is 5.78. The van der Waals surface area contributed by atoms with Gasteiger partial charge in [0.1, 0.15) is 5.75 Å². The van der Waals surface area contributed by atoms with Crippen LogP contribution in [0.1, 0.15) is 36.3 Å². The van der Waals surface area contributed by atoms with Gasteiger partial charge in [-0.05, 0) is 36.1 Å². The van der Waals surface area contributed by atoms with E-state index in [-0.39, 0.29) is 17.9 Å². The lowest BCUT2D eigenvalue weighted by molar-refractivity contribution is -0.133. The Morgan fingerprint density at radius 1 is 1.08 bits per heavy atom. The minimum Gasteiger partial charge on any atom is -0.497 e. The highest BCUT2D eigenvalue weighted by Gasteiger charge is 2.26. The van der Waals surface area contributed by atoms with Crippen LogP contribution in [0.2, 0.25) is 0 Å². The third kappa shape index (κ3) is 4.44. The quantitative estimate of drug-likeness (QED) is 0.792. The Morgan fingerprint density at radius 3 is 2.31 bits per heavy atom. The van der Waals surface area contributed by atoms with Gasteiger partial charge < -0.3 is 14.4 Å². The number of ether oxygens (including phenoxy) is 2. The molecule has 4 nitrogen and oxygen atoms in total. The normalized spacial score (nSPS) is 16.1. The first-order valence-corrected chi connectivity index (χ1v) is 9.21. The molecule has 2 aromatic carbocycles. The fraction of sp³-hybridized carbons (Fsp3) is 0.409. The van der Waals surface area contributed by atoms with Crippen molar-refractivity contribution in [1.29, 1.82) is 0 Å². The van der Waals surface area contributed by atoms with Crippen LogP contribution in [0.3, 0.4) is 0 Å². The molecule has 1 unspecified atom stereocenters. The lowest BCUT2D eigenvalue weighted by atomic mass is 9.88. The van der Waals surface area contributed by atoms with Gasteiger partial charge in [-0.2, -0.15) is 0 Å². The molecule has 138 valence electrons. The van der Waals surface area contributed by atoms with Gasteiger partial charge in [0.25, 0.3) is 0 Å². The molecule has 0 radical (unpaired) electrons. The van der Waals surface area contributed by atoms with Crippen LogP contribution in [-0.2, 0) is 9.53 Å². The maximum atomic E-state index is 13.0. The third-order valence-electron chi connectivity index (χ3n) is 5.23. The summed E-state index contributed by atoms with van der Waals surface area (Å²) in [5.41, 5.74) is 2.29. The summed E-state index contributed by atoms with van der Waals surface area (Å²) >= 11 is 0. The first-order valence-electron chi connectivity index (χ1n) is 9.21. The molecule has 1 aliphatic rings. The molecule has 4 heteroatoms. The zero-order valence-electron chi connectivity index (χ0n) is 15.6. The summed E-state index contributed by atoms with van der Waals surface area (Å²) in [4.78, 5) is 14.9. The zero-order chi connectivity index (χ0) is 18.4. The van der Waals surface area contributed by atoms with Crippen molar-refractivity contribution in [3.63, 3.8) is 0 Å². The number of carbonyl (C=O) groups excluding carboxylic acids is 1. The second-order valence-corrected chi connectivity index (χ2v) is 6.79. The Labute approximate surface area is 155 Å². The monoisotopic (exact) mass is 353 g/mol. The van der Waals surface area contributed by atoms with Crippen molar-refractivity contribution in [3.8, 4) is 5.75 Å². The average Bonchev–Trinajstić information content (AvgIpc) is 2.72. The maximum absolute atomic E-state index is 13.0. The third-order valence-corrected chi connectivity index (χ3v) is 5.23. The number of hydrogen-bond donors (Lipinski definition) is 0. The largest absolute Gasteiger partial charge is 0.497 e. The zero-order valence-corrected chi connectivity index (χ0v) is 15.6. The molecule has 0 saturated carbocycles. The molecular weight excluding hydrogens is 326 g/mol. The average molecular weight is 353 g/mol. The van der Waals surface area contributed by atoms with Crippen molar-refractivity contribution in [2.45, 2.75) is 31.2 Å². The number of amides is 1.